The standard InChI is InChI=1S/C6H11NO2.Li/c1-7(2)5-3-4-6(8)9;/h3-4H,5H2,1-2H3,(H,8,9);/q;+1/p-1/b4-3+;/i1D3,2D3;. The van der Waals surface area contributed by atoms with Gasteiger partial charge in [-0.25, -0.2) is 0 Å². The van der Waals surface area contributed by atoms with Crippen molar-refractivity contribution in [1.82, 2.24) is 4.90 Å². The van der Waals surface area contributed by atoms with Gasteiger partial charge in [-0.2, -0.15) is 0 Å². The minimum atomic E-state index is -2.80. The maximum absolute atomic E-state index is 9.98. The first-order chi connectivity index (χ1) is 6.55. The zero-order valence-electron chi connectivity index (χ0n) is 11.6. The first kappa shape index (κ1) is 3.96. The largest absolute Gasteiger partial charge is 1.00 e. The van der Waals surface area contributed by atoms with Crippen molar-refractivity contribution in [2.75, 3.05) is 20.5 Å². The van der Waals surface area contributed by atoms with Crippen LogP contribution in [0.25, 0.3) is 0 Å². The van der Waals surface area contributed by atoms with Gasteiger partial charge in [-0.15, -0.1) is 0 Å². The molecule has 0 aromatic carbocycles. The second-order valence-electron chi connectivity index (χ2n) is 1.33. The summed E-state index contributed by atoms with van der Waals surface area (Å²) in [5.74, 6) is -1.51. The molecule has 0 N–H and O–H groups in total. The Morgan fingerprint density at radius 1 is 1.80 bits per heavy atom. The average Bonchev–Trinajstić information content (AvgIpc) is 1.92. The molecule has 3 nitrogen and oxygen atoms in total. The molecular formula is C6H10LiNO2. The summed E-state index contributed by atoms with van der Waals surface area (Å²) < 4.78 is 41.6. The number of rotatable bonds is 3. The predicted octanol–water partition coefficient (Wildman–Crippen LogP) is -4.14. The van der Waals surface area contributed by atoms with Crippen molar-refractivity contribution in [1.29, 1.82) is 0 Å². The number of hydrogen-bond donors (Lipinski definition) is 0. The number of carbonyl (C=O) groups excluding carboxylic acids is 1. The second-order valence-corrected chi connectivity index (χ2v) is 1.33. The van der Waals surface area contributed by atoms with Crippen molar-refractivity contribution in [2.45, 2.75) is 0 Å². The van der Waals surface area contributed by atoms with E-state index < -0.39 is 26.5 Å². The molecule has 0 unspecified atom stereocenters. The van der Waals surface area contributed by atoms with Crippen LogP contribution in [0.15, 0.2) is 12.2 Å². The first-order valence-corrected chi connectivity index (χ1v) is 2.20. The number of nitrogens with zero attached hydrogens (tertiary/aromatic N) is 1. The third-order valence-corrected chi connectivity index (χ3v) is 0.542. The fourth-order valence-electron chi connectivity index (χ4n) is 0.254. The maximum Gasteiger partial charge on any atom is 1.00 e. The van der Waals surface area contributed by atoms with Crippen molar-refractivity contribution < 1.29 is 37.0 Å². The quantitative estimate of drug-likeness (QED) is 0.296. The van der Waals surface area contributed by atoms with Crippen molar-refractivity contribution >= 4 is 5.97 Å². The van der Waals surface area contributed by atoms with E-state index in [4.69, 9.17) is 8.22 Å². The summed E-state index contributed by atoms with van der Waals surface area (Å²) >= 11 is 0. The van der Waals surface area contributed by atoms with E-state index in [9.17, 15) is 9.90 Å². The molecule has 0 aromatic heterocycles. The van der Waals surface area contributed by atoms with Gasteiger partial charge < -0.3 is 14.8 Å². The molecule has 0 aliphatic heterocycles. The van der Waals surface area contributed by atoms with Crippen molar-refractivity contribution in [3.63, 3.8) is 0 Å². The third kappa shape index (κ3) is 10.7. The smallest absolute Gasteiger partial charge is 0.545 e. The van der Waals surface area contributed by atoms with Crippen LogP contribution >= 0.6 is 0 Å². The molecule has 0 atom stereocenters. The molecule has 0 saturated carbocycles. The van der Waals surface area contributed by atoms with E-state index in [-0.39, 0.29) is 23.8 Å². The zero-order chi connectivity index (χ0) is 12.3. The van der Waals surface area contributed by atoms with Crippen molar-refractivity contribution in [2.24, 2.45) is 0 Å². The molecule has 0 aliphatic rings. The second kappa shape index (κ2) is 6.88. The molecule has 0 heterocycles. The van der Waals surface area contributed by atoms with E-state index in [1.165, 1.54) is 0 Å². The summed E-state index contributed by atoms with van der Waals surface area (Å²) in [7, 11) is 0. The molecule has 4 heteroatoms. The monoisotopic (exact) mass is 141 g/mol. The molecule has 0 aromatic rings. The van der Waals surface area contributed by atoms with Gasteiger partial charge in [0.1, 0.15) is 0 Å². The molecule has 0 aliphatic carbocycles. The summed E-state index contributed by atoms with van der Waals surface area (Å²) in [6.07, 6.45) is 1.50. The Hall–Kier alpha value is -0.233. The van der Waals surface area contributed by atoms with E-state index in [0.29, 0.717) is 6.08 Å². The molecule has 0 spiro atoms. The molecule has 10 heavy (non-hydrogen) atoms. The van der Waals surface area contributed by atoms with Crippen LogP contribution in [-0.4, -0.2) is 31.4 Å². The van der Waals surface area contributed by atoms with Gasteiger partial charge in [0.25, 0.3) is 0 Å². The summed E-state index contributed by atoms with van der Waals surface area (Å²) in [6.45, 7) is -6.12. The molecule has 0 fully saturated rings. The normalized spacial score (nSPS) is 21.3. The molecule has 0 radical (unpaired) electrons. The number of carboxylic acids is 1. The van der Waals surface area contributed by atoms with Crippen LogP contribution in [0.4, 0.5) is 0 Å². The Balaban J connectivity index is 0. The van der Waals surface area contributed by atoms with E-state index in [1.807, 2.05) is 0 Å². The molecule has 52 valence electrons. The maximum atomic E-state index is 9.98. The zero-order valence-corrected chi connectivity index (χ0v) is 5.63. The molecule has 0 bridgehead atoms. The number of hydrogen-bond acceptors (Lipinski definition) is 3. The SMILES string of the molecule is [2H]C([2H])([2H])N(C/C=C/C(=O)[O-])C([2H])([2H])[2H].[Li+]. The van der Waals surface area contributed by atoms with Gasteiger partial charge in [0.05, 0.1) is 5.97 Å². The van der Waals surface area contributed by atoms with Crippen LogP contribution in [0.3, 0.4) is 0 Å². The van der Waals surface area contributed by atoms with Gasteiger partial charge in [-0.3, -0.25) is 0 Å². The topological polar surface area (TPSA) is 43.4 Å². The van der Waals surface area contributed by atoms with Gasteiger partial charge >= 0.3 is 18.9 Å². The van der Waals surface area contributed by atoms with Crippen molar-refractivity contribution in [3.05, 3.63) is 12.2 Å². The minimum absolute atomic E-state index is 0. The van der Waals surface area contributed by atoms with Gasteiger partial charge in [0.15, 0.2) is 0 Å². The van der Waals surface area contributed by atoms with Crippen molar-refractivity contribution in [3.8, 4) is 0 Å². The summed E-state index contributed by atoms with van der Waals surface area (Å²) in [6, 6.07) is 0. The Morgan fingerprint density at radius 2 is 2.40 bits per heavy atom. The number of aliphatic carboxylic acids is 1. The van der Waals surface area contributed by atoms with Gasteiger partial charge in [-0.05, 0) is 20.0 Å². The molecular weight excluding hydrogens is 125 g/mol. The average molecular weight is 141 g/mol. The van der Waals surface area contributed by atoms with E-state index in [1.54, 1.807) is 0 Å². The minimum Gasteiger partial charge on any atom is -0.545 e. The summed E-state index contributed by atoms with van der Waals surface area (Å²) in [5, 5.41) is 9.98. The number of likely N-dealkylation sites (N-methyl/N-ethyl adjacent to an activating group) is 1. The van der Waals surface area contributed by atoms with Gasteiger partial charge in [-0.1, -0.05) is 6.08 Å². The van der Waals surface area contributed by atoms with Crippen LogP contribution in [0.2, 0.25) is 0 Å². The third-order valence-electron chi connectivity index (χ3n) is 0.542. The van der Waals surface area contributed by atoms with Crippen LogP contribution in [0, 0.1) is 0 Å². The molecule has 0 rings (SSSR count). The summed E-state index contributed by atoms with van der Waals surface area (Å²) in [4.78, 5) is 10.2. The summed E-state index contributed by atoms with van der Waals surface area (Å²) in [5.41, 5.74) is 0. The van der Waals surface area contributed by atoms with Crippen LogP contribution in [0.5, 0.6) is 0 Å². The molecule has 0 amide bonds. The Morgan fingerprint density at radius 3 is 2.80 bits per heavy atom. The van der Waals surface area contributed by atoms with Crippen LogP contribution < -0.4 is 24.0 Å². The Labute approximate surface area is 81.3 Å². The van der Waals surface area contributed by atoms with Crippen LogP contribution in [0.1, 0.15) is 8.22 Å². The first-order valence-electron chi connectivity index (χ1n) is 5.20. The predicted molar refractivity (Wildman–Crippen MR) is 32.7 cm³/mol. The number of carboxylic acid groups (broad SMARTS) is 1. The van der Waals surface area contributed by atoms with Gasteiger partial charge in [0, 0.05) is 14.8 Å². The van der Waals surface area contributed by atoms with Crippen LogP contribution in [-0.2, 0) is 4.79 Å². The molecule has 0 saturated heterocycles. The van der Waals surface area contributed by atoms with E-state index in [0.717, 1.165) is 6.08 Å². The fourth-order valence-corrected chi connectivity index (χ4v) is 0.254. The number of carbonyl (C=O) groups is 1. The Bertz CT molecular complexity index is 247. The Kier molecular flexibility index (Phi) is 2.73. The van der Waals surface area contributed by atoms with E-state index in [2.05, 4.69) is 0 Å². The van der Waals surface area contributed by atoms with E-state index >= 15 is 0 Å². The van der Waals surface area contributed by atoms with Gasteiger partial charge in [0.2, 0.25) is 0 Å². The fraction of sp³-hybridized carbons (Fsp3) is 0.500.